The molecule has 1 rings (SSSR count). The van der Waals surface area contributed by atoms with Crippen molar-refractivity contribution in [3.8, 4) is 0 Å². The topological polar surface area (TPSA) is 43.1 Å². The van der Waals surface area contributed by atoms with Crippen molar-refractivity contribution >= 4 is 41.3 Å². The van der Waals surface area contributed by atoms with E-state index in [0.717, 1.165) is 0 Å². The Kier molecular flexibility index (Phi) is 4.31. The fourth-order valence-corrected chi connectivity index (χ4v) is 1.11. The maximum absolute atomic E-state index is 10.2. The number of benzene rings is 1. The molecule has 0 spiro atoms. The zero-order valence-corrected chi connectivity index (χ0v) is 7.99. The summed E-state index contributed by atoms with van der Waals surface area (Å²) in [4.78, 5) is 9.65. The van der Waals surface area contributed by atoms with Crippen molar-refractivity contribution in [1.82, 2.24) is 0 Å². The van der Waals surface area contributed by atoms with Crippen molar-refractivity contribution in [2.75, 3.05) is 0 Å². The maximum atomic E-state index is 10.2. The summed E-state index contributed by atoms with van der Waals surface area (Å²) in [5.41, 5.74) is -0.129. The summed E-state index contributed by atoms with van der Waals surface area (Å²) in [6.07, 6.45) is 0. The minimum Gasteiger partial charge on any atom is -0.258 e. The lowest BCUT2D eigenvalue weighted by molar-refractivity contribution is -0.384. The largest absolute Gasteiger partial charge is 0.287 e. The average Bonchev–Trinajstić information content (AvgIpc) is 1.85. The Hall–Kier alpha value is -0.510. The second-order valence-electron chi connectivity index (χ2n) is 1.85. The van der Waals surface area contributed by atoms with Crippen molar-refractivity contribution in [3.63, 3.8) is 0 Å². The van der Waals surface area contributed by atoms with E-state index in [1.807, 2.05) is 0 Å². The lowest BCUT2D eigenvalue weighted by atomic mass is 10.3. The molecule has 0 aliphatic rings. The first-order valence-corrected chi connectivity index (χ1v) is 3.46. The van der Waals surface area contributed by atoms with Crippen LogP contribution in [0.4, 0.5) is 5.69 Å². The number of rotatable bonds is 1. The summed E-state index contributed by atoms with van der Waals surface area (Å²) in [6.45, 7) is 0. The van der Waals surface area contributed by atoms with E-state index >= 15 is 0 Å². The molecule has 66 valence electrons. The summed E-state index contributed by atoms with van der Waals surface area (Å²) in [5.74, 6) is 0. The van der Waals surface area contributed by atoms with Gasteiger partial charge in [-0.2, -0.15) is 0 Å². The van der Waals surface area contributed by atoms with Crippen molar-refractivity contribution in [3.05, 3.63) is 38.4 Å². The quantitative estimate of drug-likeness (QED) is 0.546. The van der Waals surface area contributed by atoms with Crippen LogP contribution in [-0.2, 0) is 0 Å². The average molecular weight is 228 g/mol. The van der Waals surface area contributed by atoms with E-state index in [2.05, 4.69) is 0 Å². The molecule has 6 heteroatoms. The third-order valence-corrected chi connectivity index (χ3v) is 1.64. The smallest absolute Gasteiger partial charge is 0.258 e. The van der Waals surface area contributed by atoms with Crippen LogP contribution < -0.4 is 0 Å². The van der Waals surface area contributed by atoms with Gasteiger partial charge in [-0.1, -0.05) is 23.2 Å². The highest BCUT2D eigenvalue weighted by Gasteiger charge is 2.10. The van der Waals surface area contributed by atoms with Crippen LogP contribution in [0.5, 0.6) is 0 Å². The van der Waals surface area contributed by atoms with Crippen molar-refractivity contribution in [1.29, 1.82) is 0 Å². The molecule has 0 amide bonds. The molecule has 0 bridgehead atoms. The molecule has 3 nitrogen and oxygen atoms in total. The van der Waals surface area contributed by atoms with Crippen LogP contribution in [0.2, 0.25) is 10.0 Å². The summed E-state index contributed by atoms with van der Waals surface area (Å²) in [6, 6.07) is 4.03. The number of nitro benzene ring substituents is 1. The van der Waals surface area contributed by atoms with Gasteiger partial charge in [-0.25, -0.2) is 0 Å². The Labute approximate surface area is 84.8 Å². The van der Waals surface area contributed by atoms with Gasteiger partial charge in [0.2, 0.25) is 0 Å². The number of hydrogen-bond donors (Lipinski definition) is 0. The van der Waals surface area contributed by atoms with Gasteiger partial charge in [0.05, 0.1) is 4.92 Å². The van der Waals surface area contributed by atoms with Gasteiger partial charge in [0, 0.05) is 11.1 Å². The van der Waals surface area contributed by atoms with Crippen LogP contribution >= 0.6 is 35.6 Å². The van der Waals surface area contributed by atoms with Gasteiger partial charge in [-0.05, 0) is 12.1 Å². The van der Waals surface area contributed by atoms with Crippen LogP contribution in [0.15, 0.2) is 18.2 Å². The number of halogens is 3. The molecule has 12 heavy (non-hydrogen) atoms. The molecule has 0 saturated carbocycles. The summed E-state index contributed by atoms with van der Waals surface area (Å²) < 4.78 is 0. The van der Waals surface area contributed by atoms with Gasteiger partial charge in [0.15, 0.2) is 0 Å². The normalized spacial score (nSPS) is 8.83. The highest BCUT2D eigenvalue weighted by Crippen LogP contribution is 2.26. The van der Waals surface area contributed by atoms with Crippen molar-refractivity contribution in [2.45, 2.75) is 0 Å². The minimum atomic E-state index is -0.557. The molecule has 1 aromatic rings. The predicted octanol–water partition coefficient (Wildman–Crippen LogP) is 3.32. The Morgan fingerprint density at radius 3 is 2.33 bits per heavy atom. The first kappa shape index (κ1) is 11.5. The molecule has 0 unspecified atom stereocenters. The van der Waals surface area contributed by atoms with Crippen LogP contribution in [0.3, 0.4) is 0 Å². The van der Waals surface area contributed by atoms with Gasteiger partial charge in [0.25, 0.3) is 5.69 Å². The van der Waals surface area contributed by atoms with Crippen molar-refractivity contribution < 1.29 is 4.92 Å². The molecule has 0 radical (unpaired) electrons. The Bertz CT molecular complexity index is 303. The van der Waals surface area contributed by atoms with Gasteiger partial charge in [0.1, 0.15) is 5.02 Å². The molecule has 0 aromatic heterocycles. The third-order valence-electron chi connectivity index (χ3n) is 1.11. The number of nitro groups is 1. The Balaban J connectivity index is 0.00000121. The first-order chi connectivity index (χ1) is 5.11. The van der Waals surface area contributed by atoms with Crippen LogP contribution in [0, 0.1) is 10.1 Å². The molecule has 0 fully saturated rings. The van der Waals surface area contributed by atoms with E-state index in [1.54, 1.807) is 0 Å². The van der Waals surface area contributed by atoms with Crippen LogP contribution in [0.25, 0.3) is 0 Å². The van der Waals surface area contributed by atoms with E-state index in [-0.39, 0.29) is 23.1 Å². The molecule has 0 atom stereocenters. The molecule has 0 N–H and O–H groups in total. The summed E-state index contributed by atoms with van der Waals surface area (Å²) >= 11 is 11.0. The third kappa shape index (κ3) is 2.52. The van der Waals surface area contributed by atoms with E-state index < -0.39 is 4.92 Å². The van der Waals surface area contributed by atoms with Crippen molar-refractivity contribution in [2.24, 2.45) is 0 Å². The van der Waals surface area contributed by atoms with E-state index in [9.17, 15) is 10.1 Å². The second kappa shape index (κ2) is 4.50. The number of hydrogen-bond acceptors (Lipinski definition) is 2. The Morgan fingerprint density at radius 2 is 1.92 bits per heavy atom. The van der Waals surface area contributed by atoms with Gasteiger partial charge in [-0.15, -0.1) is 12.4 Å². The highest BCUT2D eigenvalue weighted by molar-refractivity contribution is 6.35. The summed E-state index contributed by atoms with van der Waals surface area (Å²) in [7, 11) is 0. The lowest BCUT2D eigenvalue weighted by Gasteiger charge is -1.93. The second-order valence-corrected chi connectivity index (χ2v) is 2.70. The van der Waals surface area contributed by atoms with Gasteiger partial charge < -0.3 is 0 Å². The minimum absolute atomic E-state index is 0. The van der Waals surface area contributed by atoms with E-state index in [1.165, 1.54) is 18.2 Å². The van der Waals surface area contributed by atoms with Gasteiger partial charge >= 0.3 is 0 Å². The fourth-order valence-electron chi connectivity index (χ4n) is 0.629. The molecule has 0 heterocycles. The number of nitrogens with zero attached hydrogens (tertiary/aromatic N) is 1. The van der Waals surface area contributed by atoms with E-state index in [4.69, 9.17) is 23.2 Å². The van der Waals surface area contributed by atoms with E-state index in [0.29, 0.717) is 5.02 Å². The zero-order chi connectivity index (χ0) is 8.43. The predicted molar refractivity (Wildman–Crippen MR) is 50.4 cm³/mol. The summed E-state index contributed by atoms with van der Waals surface area (Å²) in [5, 5.41) is 10.7. The van der Waals surface area contributed by atoms with Crippen LogP contribution in [0.1, 0.15) is 0 Å². The van der Waals surface area contributed by atoms with Crippen LogP contribution in [-0.4, -0.2) is 4.92 Å². The Morgan fingerprint density at radius 1 is 1.33 bits per heavy atom. The standard InChI is InChI=1S/C6H3Cl2NO2.ClH/c7-4-1-2-6(9(10)11)5(8)3-4;/h1-3H;1H. The maximum Gasteiger partial charge on any atom is 0.287 e. The van der Waals surface area contributed by atoms with Gasteiger partial charge in [-0.3, -0.25) is 10.1 Å². The molecule has 0 aliphatic heterocycles. The first-order valence-electron chi connectivity index (χ1n) is 2.70. The molecule has 1 aromatic carbocycles. The SMILES string of the molecule is Cl.O=[N+]([O-])c1ccc(Cl)cc1Cl. The molecule has 0 aliphatic carbocycles. The highest BCUT2D eigenvalue weighted by atomic mass is 35.5. The fraction of sp³-hybridized carbons (Fsp3) is 0. The monoisotopic (exact) mass is 227 g/mol. The molecular formula is C6H4Cl3NO2. The molecular weight excluding hydrogens is 224 g/mol. The lowest BCUT2D eigenvalue weighted by Crippen LogP contribution is -1.87. The molecule has 0 saturated heterocycles. The zero-order valence-electron chi connectivity index (χ0n) is 5.66.